The summed E-state index contributed by atoms with van der Waals surface area (Å²) in [6, 6.07) is 5.81. The number of carbonyl (C=O) groups excluding carboxylic acids is 1. The minimum Gasteiger partial charge on any atom is -0.465 e. The van der Waals surface area contributed by atoms with Crippen molar-refractivity contribution in [2.24, 2.45) is 0 Å². The van der Waals surface area contributed by atoms with E-state index < -0.39 is 0 Å². The third-order valence-corrected chi connectivity index (χ3v) is 4.45. The molecule has 0 bridgehead atoms. The molecule has 0 aliphatic carbocycles. The van der Waals surface area contributed by atoms with Crippen LogP contribution in [0.1, 0.15) is 28.8 Å². The molecule has 4 nitrogen and oxygen atoms in total. The Hall–Kier alpha value is -1.62. The standard InChI is InChI=1S/C16H17BrN2O2/c1-10-14(16(20)21-2)12-9-11(17)5-6-13(12)18-15(10)19-7-3-4-8-19/h5-6,9H,3-4,7-8H2,1-2H3. The second-order valence-electron chi connectivity index (χ2n) is 5.28. The van der Waals surface area contributed by atoms with Gasteiger partial charge in [-0.15, -0.1) is 0 Å². The molecule has 0 radical (unpaired) electrons. The van der Waals surface area contributed by atoms with Crippen LogP contribution < -0.4 is 4.90 Å². The number of halogens is 1. The van der Waals surface area contributed by atoms with Crippen molar-refractivity contribution in [3.05, 3.63) is 33.8 Å². The van der Waals surface area contributed by atoms with Gasteiger partial charge in [0.1, 0.15) is 5.82 Å². The van der Waals surface area contributed by atoms with Gasteiger partial charge in [0.25, 0.3) is 0 Å². The third-order valence-electron chi connectivity index (χ3n) is 3.96. The second-order valence-corrected chi connectivity index (χ2v) is 6.20. The number of ether oxygens (including phenoxy) is 1. The third kappa shape index (κ3) is 2.50. The Kier molecular flexibility index (Phi) is 3.85. The van der Waals surface area contributed by atoms with Gasteiger partial charge in [-0.2, -0.15) is 0 Å². The van der Waals surface area contributed by atoms with Crippen LogP contribution in [-0.2, 0) is 4.74 Å². The zero-order valence-electron chi connectivity index (χ0n) is 12.1. The van der Waals surface area contributed by atoms with Gasteiger partial charge in [-0.3, -0.25) is 0 Å². The van der Waals surface area contributed by atoms with E-state index in [1.807, 2.05) is 25.1 Å². The summed E-state index contributed by atoms with van der Waals surface area (Å²) in [5.74, 6) is 0.598. The molecule has 1 saturated heterocycles. The van der Waals surface area contributed by atoms with E-state index in [1.165, 1.54) is 20.0 Å². The van der Waals surface area contributed by atoms with Crippen molar-refractivity contribution in [3.63, 3.8) is 0 Å². The van der Waals surface area contributed by atoms with Gasteiger partial charge in [-0.05, 0) is 38.0 Å². The molecule has 1 aliphatic rings. The maximum absolute atomic E-state index is 12.2. The second kappa shape index (κ2) is 5.64. The maximum atomic E-state index is 12.2. The number of nitrogens with zero attached hydrogens (tertiary/aromatic N) is 2. The number of carbonyl (C=O) groups is 1. The summed E-state index contributed by atoms with van der Waals surface area (Å²) in [5, 5.41) is 0.830. The number of hydrogen-bond acceptors (Lipinski definition) is 4. The van der Waals surface area contributed by atoms with Gasteiger partial charge in [0.2, 0.25) is 0 Å². The number of fused-ring (bicyclic) bond motifs is 1. The molecule has 21 heavy (non-hydrogen) atoms. The Bertz CT molecular complexity index is 709. The van der Waals surface area contributed by atoms with Crippen molar-refractivity contribution < 1.29 is 9.53 Å². The van der Waals surface area contributed by atoms with E-state index in [2.05, 4.69) is 20.8 Å². The van der Waals surface area contributed by atoms with Gasteiger partial charge in [-0.25, -0.2) is 9.78 Å². The lowest BCUT2D eigenvalue weighted by atomic mass is 10.0. The van der Waals surface area contributed by atoms with Crippen molar-refractivity contribution in [2.75, 3.05) is 25.1 Å². The smallest absolute Gasteiger partial charge is 0.338 e. The summed E-state index contributed by atoms with van der Waals surface area (Å²) < 4.78 is 5.91. The van der Waals surface area contributed by atoms with Gasteiger partial charge in [0.15, 0.2) is 0 Å². The molecular weight excluding hydrogens is 332 g/mol. The Morgan fingerprint density at radius 2 is 2.05 bits per heavy atom. The van der Waals surface area contributed by atoms with Gasteiger partial charge in [-0.1, -0.05) is 15.9 Å². The molecule has 0 saturated carbocycles. The molecule has 1 aromatic carbocycles. The molecule has 0 amide bonds. The Morgan fingerprint density at radius 3 is 2.71 bits per heavy atom. The Morgan fingerprint density at radius 1 is 1.33 bits per heavy atom. The number of aromatic nitrogens is 1. The molecule has 0 N–H and O–H groups in total. The Labute approximate surface area is 132 Å². The fourth-order valence-corrected chi connectivity index (χ4v) is 3.28. The molecule has 0 atom stereocenters. The van der Waals surface area contributed by atoms with Crippen LogP contribution in [0.25, 0.3) is 10.9 Å². The van der Waals surface area contributed by atoms with Crippen LogP contribution in [0.3, 0.4) is 0 Å². The zero-order chi connectivity index (χ0) is 15.0. The summed E-state index contributed by atoms with van der Waals surface area (Å²) >= 11 is 3.46. The van der Waals surface area contributed by atoms with Crippen LogP contribution in [0, 0.1) is 6.92 Å². The van der Waals surface area contributed by atoms with Gasteiger partial charge in [0.05, 0.1) is 18.2 Å². The van der Waals surface area contributed by atoms with E-state index in [-0.39, 0.29) is 5.97 Å². The highest BCUT2D eigenvalue weighted by Crippen LogP contribution is 2.32. The predicted octanol–water partition coefficient (Wildman–Crippen LogP) is 3.69. The lowest BCUT2D eigenvalue weighted by molar-refractivity contribution is 0.0602. The summed E-state index contributed by atoms with van der Waals surface area (Å²) in [4.78, 5) is 19.3. The summed E-state index contributed by atoms with van der Waals surface area (Å²) in [5.41, 5.74) is 2.34. The normalized spacial score (nSPS) is 14.7. The van der Waals surface area contributed by atoms with Crippen molar-refractivity contribution in [2.45, 2.75) is 19.8 Å². The monoisotopic (exact) mass is 348 g/mol. The van der Waals surface area contributed by atoms with Crippen LogP contribution in [0.4, 0.5) is 5.82 Å². The molecule has 110 valence electrons. The van der Waals surface area contributed by atoms with E-state index in [9.17, 15) is 4.79 Å². The van der Waals surface area contributed by atoms with Crippen LogP contribution in [-0.4, -0.2) is 31.2 Å². The average molecular weight is 349 g/mol. The van der Waals surface area contributed by atoms with Gasteiger partial charge in [0, 0.05) is 28.5 Å². The number of anilines is 1. The van der Waals surface area contributed by atoms with E-state index >= 15 is 0 Å². The van der Waals surface area contributed by atoms with Crippen molar-refractivity contribution in [1.29, 1.82) is 0 Å². The van der Waals surface area contributed by atoms with Crippen LogP contribution >= 0.6 is 15.9 Å². The zero-order valence-corrected chi connectivity index (χ0v) is 13.7. The molecule has 3 rings (SSSR count). The largest absolute Gasteiger partial charge is 0.465 e. The van der Waals surface area contributed by atoms with Crippen LogP contribution in [0.2, 0.25) is 0 Å². The highest BCUT2D eigenvalue weighted by Gasteiger charge is 2.23. The molecule has 2 aromatic rings. The number of rotatable bonds is 2. The van der Waals surface area contributed by atoms with Gasteiger partial charge >= 0.3 is 5.97 Å². The highest BCUT2D eigenvalue weighted by molar-refractivity contribution is 9.10. The van der Waals surface area contributed by atoms with Gasteiger partial charge < -0.3 is 9.64 Å². The molecule has 1 aromatic heterocycles. The van der Waals surface area contributed by atoms with E-state index in [4.69, 9.17) is 9.72 Å². The molecule has 5 heteroatoms. The molecular formula is C16H17BrN2O2. The predicted molar refractivity (Wildman–Crippen MR) is 87.0 cm³/mol. The first kappa shape index (κ1) is 14.3. The molecule has 1 aliphatic heterocycles. The van der Waals surface area contributed by atoms with Crippen LogP contribution in [0.15, 0.2) is 22.7 Å². The van der Waals surface area contributed by atoms with Crippen LogP contribution in [0.5, 0.6) is 0 Å². The quantitative estimate of drug-likeness (QED) is 0.776. The van der Waals surface area contributed by atoms with E-state index in [0.29, 0.717) is 5.56 Å². The first-order valence-electron chi connectivity index (χ1n) is 7.05. The first-order valence-corrected chi connectivity index (χ1v) is 7.84. The van der Waals surface area contributed by atoms with Crippen molar-refractivity contribution in [3.8, 4) is 0 Å². The highest BCUT2D eigenvalue weighted by atomic mass is 79.9. The average Bonchev–Trinajstić information content (AvgIpc) is 3.00. The number of benzene rings is 1. The van der Waals surface area contributed by atoms with Crippen molar-refractivity contribution in [1.82, 2.24) is 4.98 Å². The molecule has 0 unspecified atom stereocenters. The minimum atomic E-state index is -0.307. The lowest BCUT2D eigenvalue weighted by Crippen LogP contribution is -2.21. The first-order chi connectivity index (χ1) is 10.1. The summed E-state index contributed by atoms with van der Waals surface area (Å²) in [6.07, 6.45) is 2.35. The minimum absolute atomic E-state index is 0.307. The SMILES string of the molecule is COC(=O)c1c(C)c(N2CCCC2)nc2ccc(Br)cc12. The molecule has 1 fully saturated rings. The van der Waals surface area contributed by atoms with E-state index in [0.717, 1.165) is 39.8 Å². The lowest BCUT2D eigenvalue weighted by Gasteiger charge is -2.21. The number of esters is 1. The number of pyridine rings is 1. The fraction of sp³-hybridized carbons (Fsp3) is 0.375. The topological polar surface area (TPSA) is 42.4 Å². The molecule has 2 heterocycles. The molecule has 0 spiro atoms. The Balaban J connectivity index is 2.28. The number of methoxy groups -OCH3 is 1. The fourth-order valence-electron chi connectivity index (χ4n) is 2.92. The summed E-state index contributed by atoms with van der Waals surface area (Å²) in [6.45, 7) is 3.94. The maximum Gasteiger partial charge on any atom is 0.338 e. The van der Waals surface area contributed by atoms with Crippen molar-refractivity contribution >= 4 is 38.6 Å². The number of hydrogen-bond donors (Lipinski definition) is 0. The van der Waals surface area contributed by atoms with E-state index in [1.54, 1.807) is 0 Å². The summed E-state index contributed by atoms with van der Waals surface area (Å²) in [7, 11) is 1.42.